The van der Waals surface area contributed by atoms with Crippen molar-refractivity contribution in [3.05, 3.63) is 113 Å². The van der Waals surface area contributed by atoms with Crippen LogP contribution in [0.3, 0.4) is 0 Å². The number of para-hydroxylation sites is 2. The minimum absolute atomic E-state index is 0.175. The van der Waals surface area contributed by atoms with Crippen molar-refractivity contribution in [3.8, 4) is 5.69 Å². The Labute approximate surface area is 183 Å². The molecule has 0 aliphatic carbocycles. The number of anilines is 1. The second kappa shape index (κ2) is 7.03. The van der Waals surface area contributed by atoms with Gasteiger partial charge in [-0.15, -0.1) is 0 Å². The smallest absolute Gasteiger partial charge is 0.266 e. The molecule has 5 aromatic rings. The maximum Gasteiger partial charge on any atom is 0.266 e. The van der Waals surface area contributed by atoms with Gasteiger partial charge in [0.2, 0.25) is 0 Å². The highest BCUT2D eigenvalue weighted by atomic mass is 16.2. The third-order valence-electron chi connectivity index (χ3n) is 5.79. The molecule has 1 amide bonds. The highest BCUT2D eigenvalue weighted by Gasteiger charge is 2.25. The summed E-state index contributed by atoms with van der Waals surface area (Å²) >= 11 is 0. The predicted molar refractivity (Wildman–Crippen MR) is 128 cm³/mol. The summed E-state index contributed by atoms with van der Waals surface area (Å²) in [5, 5.41) is 5.37. The second-order valence-corrected chi connectivity index (χ2v) is 7.68. The van der Waals surface area contributed by atoms with E-state index in [-0.39, 0.29) is 11.5 Å². The molecule has 1 aliphatic heterocycles. The number of nitrogens with one attached hydrogen (secondary N) is 1. The molecule has 1 aromatic heterocycles. The Morgan fingerprint density at radius 3 is 2.38 bits per heavy atom. The number of carbonyl (C=O) groups excluding carboxylic acids is 1. The first-order valence-electron chi connectivity index (χ1n) is 10.3. The van der Waals surface area contributed by atoms with E-state index in [1.54, 1.807) is 16.7 Å². The van der Waals surface area contributed by atoms with Crippen LogP contribution in [-0.4, -0.2) is 15.5 Å². The van der Waals surface area contributed by atoms with Gasteiger partial charge in [0.05, 0.1) is 22.2 Å². The predicted octanol–water partition coefficient (Wildman–Crippen LogP) is 5.03. The van der Waals surface area contributed by atoms with Crippen molar-refractivity contribution in [2.75, 3.05) is 5.32 Å². The standard InChI is InChI=1S/C27H17N3O2/c31-26-21(19-11-3-5-13-22(19)29-26)16-25-28-23-14-6-4-12-20(23)27(32)30(25)24-15-7-9-17-8-1-2-10-18(17)24/h1-16H,(H,29,31)/b21-16-. The minimum Gasteiger partial charge on any atom is -0.321 e. The van der Waals surface area contributed by atoms with Crippen LogP contribution in [0.15, 0.2) is 95.8 Å². The number of fused-ring (bicyclic) bond motifs is 3. The van der Waals surface area contributed by atoms with Gasteiger partial charge in [0, 0.05) is 16.6 Å². The van der Waals surface area contributed by atoms with E-state index in [2.05, 4.69) is 5.32 Å². The summed E-state index contributed by atoms with van der Waals surface area (Å²) in [6, 6.07) is 28.5. The summed E-state index contributed by atoms with van der Waals surface area (Å²) in [5.74, 6) is 0.199. The summed E-state index contributed by atoms with van der Waals surface area (Å²) in [5.41, 5.74) is 3.17. The van der Waals surface area contributed by atoms with E-state index in [1.807, 2.05) is 84.9 Å². The van der Waals surface area contributed by atoms with E-state index < -0.39 is 0 Å². The molecule has 1 aliphatic rings. The lowest BCUT2D eigenvalue weighted by molar-refractivity contribution is -0.110. The van der Waals surface area contributed by atoms with Crippen LogP contribution in [0.25, 0.3) is 39.0 Å². The van der Waals surface area contributed by atoms with Crippen molar-refractivity contribution in [1.29, 1.82) is 0 Å². The normalized spacial score (nSPS) is 14.1. The number of hydrogen-bond donors (Lipinski definition) is 1. The van der Waals surface area contributed by atoms with Crippen LogP contribution in [0.4, 0.5) is 5.69 Å². The number of nitrogens with zero attached hydrogens (tertiary/aromatic N) is 2. The minimum atomic E-state index is -0.210. The third kappa shape index (κ3) is 2.76. The lowest BCUT2D eigenvalue weighted by Crippen LogP contribution is -2.23. The zero-order chi connectivity index (χ0) is 21.7. The molecule has 0 unspecified atom stereocenters. The van der Waals surface area contributed by atoms with E-state index in [4.69, 9.17) is 4.98 Å². The molecule has 0 bridgehead atoms. The second-order valence-electron chi connectivity index (χ2n) is 7.68. The summed E-state index contributed by atoms with van der Waals surface area (Å²) in [6.07, 6.45) is 1.71. The van der Waals surface area contributed by atoms with Gasteiger partial charge in [0.15, 0.2) is 0 Å². The molecule has 0 saturated carbocycles. The van der Waals surface area contributed by atoms with E-state index in [0.29, 0.717) is 22.3 Å². The van der Waals surface area contributed by atoms with Gasteiger partial charge in [-0.25, -0.2) is 4.98 Å². The molecular weight excluding hydrogens is 398 g/mol. The van der Waals surface area contributed by atoms with Crippen molar-refractivity contribution in [2.45, 2.75) is 0 Å². The van der Waals surface area contributed by atoms with E-state index >= 15 is 0 Å². The van der Waals surface area contributed by atoms with Crippen LogP contribution in [0.5, 0.6) is 0 Å². The van der Waals surface area contributed by atoms with Crippen LogP contribution < -0.4 is 10.9 Å². The Morgan fingerprint density at radius 2 is 1.47 bits per heavy atom. The molecule has 2 heterocycles. The van der Waals surface area contributed by atoms with Gasteiger partial charge in [-0.05, 0) is 35.7 Å². The molecule has 32 heavy (non-hydrogen) atoms. The van der Waals surface area contributed by atoms with Crippen LogP contribution in [0, 0.1) is 0 Å². The highest BCUT2D eigenvalue weighted by Crippen LogP contribution is 2.33. The Balaban J connectivity index is 1.71. The number of aromatic nitrogens is 2. The van der Waals surface area contributed by atoms with Crippen LogP contribution >= 0.6 is 0 Å². The number of amides is 1. The first kappa shape index (κ1) is 18.3. The van der Waals surface area contributed by atoms with E-state index in [1.165, 1.54) is 0 Å². The molecule has 0 spiro atoms. The van der Waals surface area contributed by atoms with Gasteiger partial charge in [0.25, 0.3) is 11.5 Å². The molecular formula is C27H17N3O2. The maximum atomic E-state index is 13.7. The number of carbonyl (C=O) groups is 1. The Hall–Kier alpha value is -4.51. The van der Waals surface area contributed by atoms with Crippen LogP contribution in [0.1, 0.15) is 11.4 Å². The third-order valence-corrected chi connectivity index (χ3v) is 5.79. The fraction of sp³-hybridized carbons (Fsp3) is 0. The molecule has 5 heteroatoms. The Morgan fingerprint density at radius 1 is 0.750 bits per heavy atom. The molecule has 1 N–H and O–H groups in total. The van der Waals surface area contributed by atoms with Crippen molar-refractivity contribution < 1.29 is 4.79 Å². The van der Waals surface area contributed by atoms with E-state index in [9.17, 15) is 9.59 Å². The van der Waals surface area contributed by atoms with Crippen molar-refractivity contribution in [2.24, 2.45) is 0 Å². The molecule has 0 radical (unpaired) electrons. The Bertz CT molecular complexity index is 1640. The van der Waals surface area contributed by atoms with Gasteiger partial charge in [0.1, 0.15) is 5.82 Å². The maximum absolute atomic E-state index is 13.7. The fourth-order valence-electron chi connectivity index (χ4n) is 4.29. The molecule has 6 rings (SSSR count). The first-order valence-corrected chi connectivity index (χ1v) is 10.3. The lowest BCUT2D eigenvalue weighted by Gasteiger charge is -2.14. The largest absolute Gasteiger partial charge is 0.321 e. The molecule has 4 aromatic carbocycles. The van der Waals surface area contributed by atoms with Gasteiger partial charge in [-0.3, -0.25) is 14.2 Å². The topological polar surface area (TPSA) is 64.0 Å². The molecule has 0 fully saturated rings. The summed E-state index contributed by atoms with van der Waals surface area (Å²) in [4.78, 5) is 31.2. The first-order chi connectivity index (χ1) is 15.7. The number of rotatable bonds is 2. The van der Waals surface area contributed by atoms with Gasteiger partial charge < -0.3 is 5.32 Å². The number of hydrogen-bond acceptors (Lipinski definition) is 3. The van der Waals surface area contributed by atoms with Gasteiger partial charge >= 0.3 is 0 Å². The zero-order valence-electron chi connectivity index (χ0n) is 16.9. The van der Waals surface area contributed by atoms with Crippen molar-refractivity contribution in [3.63, 3.8) is 0 Å². The Kier molecular flexibility index (Phi) is 4.01. The summed E-state index contributed by atoms with van der Waals surface area (Å²) in [6.45, 7) is 0. The number of benzene rings is 4. The zero-order valence-corrected chi connectivity index (χ0v) is 16.9. The SMILES string of the molecule is O=C1Nc2ccccc2/C1=C/c1nc2ccccc2c(=O)n1-c1cccc2ccccc12. The average Bonchev–Trinajstić information content (AvgIpc) is 3.14. The van der Waals surface area contributed by atoms with Crippen molar-refractivity contribution >= 4 is 44.9 Å². The van der Waals surface area contributed by atoms with Crippen LogP contribution in [0.2, 0.25) is 0 Å². The van der Waals surface area contributed by atoms with Gasteiger partial charge in [-0.2, -0.15) is 0 Å². The van der Waals surface area contributed by atoms with Crippen molar-refractivity contribution in [1.82, 2.24) is 9.55 Å². The summed E-state index contributed by atoms with van der Waals surface area (Å²) < 4.78 is 1.60. The lowest BCUT2D eigenvalue weighted by atomic mass is 10.1. The average molecular weight is 415 g/mol. The molecule has 152 valence electrons. The molecule has 5 nitrogen and oxygen atoms in total. The van der Waals surface area contributed by atoms with Crippen LogP contribution in [-0.2, 0) is 4.79 Å². The molecule has 0 saturated heterocycles. The summed E-state index contributed by atoms with van der Waals surface area (Å²) in [7, 11) is 0. The molecule has 0 atom stereocenters. The monoisotopic (exact) mass is 415 g/mol. The highest BCUT2D eigenvalue weighted by molar-refractivity contribution is 6.34. The quantitative estimate of drug-likeness (QED) is 0.411. The van der Waals surface area contributed by atoms with Gasteiger partial charge in [-0.1, -0.05) is 66.7 Å². The van der Waals surface area contributed by atoms with E-state index in [0.717, 1.165) is 27.7 Å². The fourth-order valence-corrected chi connectivity index (χ4v) is 4.29.